The summed E-state index contributed by atoms with van der Waals surface area (Å²) in [6.45, 7) is 7.38. The number of aliphatic hydroxyl groups excluding tert-OH is 1. The van der Waals surface area contributed by atoms with E-state index in [0.29, 0.717) is 5.92 Å². The molecule has 0 aliphatic carbocycles. The molecule has 0 bridgehead atoms. The number of aliphatic hydroxyl groups is 1. The summed E-state index contributed by atoms with van der Waals surface area (Å²) in [7, 11) is 0. The van der Waals surface area contributed by atoms with Gasteiger partial charge in [0.05, 0.1) is 6.10 Å². The Kier molecular flexibility index (Phi) is 4.76. The van der Waals surface area contributed by atoms with Crippen molar-refractivity contribution in [1.82, 2.24) is 9.88 Å². The summed E-state index contributed by atoms with van der Waals surface area (Å²) in [6.07, 6.45) is 6.68. The standard InChI is InChI=1S/C17H27N3O/c1-14(21)16-6-10-19(11-7-16)13-15-4-5-17(18-12-15)20-8-2-3-9-20/h4-5,12,14,16,21H,2-3,6-11,13H2,1H3. The van der Waals surface area contributed by atoms with Crippen LogP contribution < -0.4 is 4.90 Å². The Morgan fingerprint density at radius 3 is 2.48 bits per heavy atom. The van der Waals surface area contributed by atoms with Crippen LogP contribution in [-0.2, 0) is 6.54 Å². The van der Waals surface area contributed by atoms with Gasteiger partial charge < -0.3 is 10.0 Å². The molecule has 2 aliphatic rings. The van der Waals surface area contributed by atoms with Crippen LogP contribution in [-0.4, -0.2) is 47.3 Å². The van der Waals surface area contributed by atoms with Gasteiger partial charge in [0.2, 0.25) is 0 Å². The van der Waals surface area contributed by atoms with Gasteiger partial charge in [0.1, 0.15) is 5.82 Å². The quantitative estimate of drug-likeness (QED) is 0.923. The average Bonchev–Trinajstić information content (AvgIpc) is 3.03. The maximum Gasteiger partial charge on any atom is 0.128 e. The van der Waals surface area contributed by atoms with Crippen molar-refractivity contribution < 1.29 is 5.11 Å². The molecular formula is C17H27N3O. The Morgan fingerprint density at radius 1 is 1.19 bits per heavy atom. The topological polar surface area (TPSA) is 39.6 Å². The van der Waals surface area contributed by atoms with Crippen molar-refractivity contribution in [1.29, 1.82) is 0 Å². The van der Waals surface area contributed by atoms with Crippen molar-refractivity contribution in [3.8, 4) is 0 Å². The second-order valence-corrected chi connectivity index (χ2v) is 6.57. The molecule has 2 fully saturated rings. The number of nitrogens with zero attached hydrogens (tertiary/aromatic N) is 3. The Labute approximate surface area is 127 Å². The fraction of sp³-hybridized carbons (Fsp3) is 0.706. The minimum Gasteiger partial charge on any atom is -0.393 e. The van der Waals surface area contributed by atoms with Crippen molar-refractivity contribution >= 4 is 5.82 Å². The van der Waals surface area contributed by atoms with E-state index in [1.54, 1.807) is 0 Å². The van der Waals surface area contributed by atoms with Crippen molar-refractivity contribution in [3.63, 3.8) is 0 Å². The van der Waals surface area contributed by atoms with Crippen LogP contribution in [0.4, 0.5) is 5.82 Å². The highest BCUT2D eigenvalue weighted by Gasteiger charge is 2.22. The van der Waals surface area contributed by atoms with Gasteiger partial charge in [-0.05, 0) is 63.2 Å². The zero-order valence-corrected chi connectivity index (χ0v) is 13.0. The van der Waals surface area contributed by atoms with E-state index in [1.165, 1.54) is 18.4 Å². The number of piperidine rings is 1. The van der Waals surface area contributed by atoms with E-state index in [-0.39, 0.29) is 6.10 Å². The number of aromatic nitrogens is 1. The first-order valence-electron chi connectivity index (χ1n) is 8.32. The number of rotatable bonds is 4. The van der Waals surface area contributed by atoms with Crippen molar-refractivity contribution in [2.24, 2.45) is 5.92 Å². The second kappa shape index (κ2) is 6.75. The lowest BCUT2D eigenvalue weighted by Gasteiger charge is -2.33. The summed E-state index contributed by atoms with van der Waals surface area (Å²) in [4.78, 5) is 9.48. The first kappa shape index (κ1) is 14.8. The third kappa shape index (κ3) is 3.74. The van der Waals surface area contributed by atoms with Crippen LogP contribution >= 0.6 is 0 Å². The summed E-state index contributed by atoms with van der Waals surface area (Å²) in [6, 6.07) is 4.39. The lowest BCUT2D eigenvalue weighted by molar-refractivity contribution is 0.0695. The molecule has 1 N–H and O–H groups in total. The zero-order chi connectivity index (χ0) is 14.7. The Hall–Kier alpha value is -1.13. The molecule has 1 aromatic rings. The SMILES string of the molecule is CC(O)C1CCN(Cc2ccc(N3CCCC3)nc2)CC1. The maximum atomic E-state index is 9.65. The van der Waals surface area contributed by atoms with Crippen LogP contribution in [0.5, 0.6) is 0 Å². The van der Waals surface area contributed by atoms with Gasteiger partial charge in [-0.3, -0.25) is 4.90 Å². The zero-order valence-electron chi connectivity index (χ0n) is 13.0. The molecule has 3 heterocycles. The molecule has 1 unspecified atom stereocenters. The highest BCUT2D eigenvalue weighted by molar-refractivity contribution is 5.40. The van der Waals surface area contributed by atoms with E-state index in [1.807, 2.05) is 13.1 Å². The van der Waals surface area contributed by atoms with E-state index in [4.69, 9.17) is 0 Å². The lowest BCUT2D eigenvalue weighted by Crippen LogP contribution is -2.36. The van der Waals surface area contributed by atoms with E-state index in [2.05, 4.69) is 26.9 Å². The molecule has 1 aromatic heterocycles. The van der Waals surface area contributed by atoms with Crippen molar-refractivity contribution in [2.45, 2.75) is 45.3 Å². The van der Waals surface area contributed by atoms with Gasteiger partial charge in [0, 0.05) is 25.8 Å². The molecule has 0 amide bonds. The molecule has 2 saturated heterocycles. The molecular weight excluding hydrogens is 262 g/mol. The van der Waals surface area contributed by atoms with Gasteiger partial charge in [-0.1, -0.05) is 6.07 Å². The molecule has 4 heteroatoms. The lowest BCUT2D eigenvalue weighted by atomic mass is 9.92. The van der Waals surface area contributed by atoms with E-state index in [9.17, 15) is 5.11 Å². The van der Waals surface area contributed by atoms with Crippen LogP contribution in [0.25, 0.3) is 0 Å². The smallest absolute Gasteiger partial charge is 0.128 e. The van der Waals surface area contributed by atoms with Gasteiger partial charge in [0.25, 0.3) is 0 Å². The number of hydrogen-bond donors (Lipinski definition) is 1. The number of likely N-dealkylation sites (tertiary alicyclic amines) is 1. The Bertz CT molecular complexity index is 432. The van der Waals surface area contributed by atoms with E-state index in [0.717, 1.165) is 51.4 Å². The summed E-state index contributed by atoms with van der Waals surface area (Å²) >= 11 is 0. The van der Waals surface area contributed by atoms with Gasteiger partial charge in [-0.15, -0.1) is 0 Å². The minimum atomic E-state index is -0.159. The van der Waals surface area contributed by atoms with Crippen LogP contribution in [0.2, 0.25) is 0 Å². The van der Waals surface area contributed by atoms with Crippen molar-refractivity contribution in [3.05, 3.63) is 23.9 Å². The summed E-state index contributed by atoms with van der Waals surface area (Å²) in [5.41, 5.74) is 1.30. The fourth-order valence-electron chi connectivity index (χ4n) is 3.50. The predicted octanol–water partition coefficient (Wildman–Crippen LogP) is 2.27. The Balaban J connectivity index is 1.51. The van der Waals surface area contributed by atoms with Gasteiger partial charge >= 0.3 is 0 Å². The molecule has 3 rings (SSSR count). The number of pyridine rings is 1. The average molecular weight is 289 g/mol. The highest BCUT2D eigenvalue weighted by Crippen LogP contribution is 2.22. The van der Waals surface area contributed by atoms with Gasteiger partial charge in [-0.2, -0.15) is 0 Å². The minimum absolute atomic E-state index is 0.159. The first-order chi connectivity index (χ1) is 10.2. The van der Waals surface area contributed by atoms with Crippen LogP contribution in [0.15, 0.2) is 18.3 Å². The van der Waals surface area contributed by atoms with Crippen LogP contribution in [0.1, 0.15) is 38.2 Å². The number of anilines is 1. The molecule has 4 nitrogen and oxygen atoms in total. The summed E-state index contributed by atoms with van der Waals surface area (Å²) in [5.74, 6) is 1.61. The molecule has 1 atom stereocenters. The molecule has 0 radical (unpaired) electrons. The molecule has 116 valence electrons. The van der Waals surface area contributed by atoms with E-state index < -0.39 is 0 Å². The predicted molar refractivity (Wildman–Crippen MR) is 85.4 cm³/mol. The normalized spacial score (nSPS) is 22.7. The largest absolute Gasteiger partial charge is 0.393 e. The summed E-state index contributed by atoms with van der Waals surface area (Å²) in [5, 5.41) is 9.65. The molecule has 21 heavy (non-hydrogen) atoms. The molecule has 2 aliphatic heterocycles. The third-order valence-corrected chi connectivity index (χ3v) is 4.96. The number of hydrogen-bond acceptors (Lipinski definition) is 4. The molecule has 0 saturated carbocycles. The van der Waals surface area contributed by atoms with Gasteiger partial charge in [0.15, 0.2) is 0 Å². The summed E-state index contributed by atoms with van der Waals surface area (Å²) < 4.78 is 0. The monoisotopic (exact) mass is 289 g/mol. The molecule has 0 aromatic carbocycles. The van der Waals surface area contributed by atoms with E-state index >= 15 is 0 Å². The Morgan fingerprint density at radius 2 is 1.90 bits per heavy atom. The first-order valence-corrected chi connectivity index (χ1v) is 8.32. The fourth-order valence-corrected chi connectivity index (χ4v) is 3.50. The maximum absolute atomic E-state index is 9.65. The highest BCUT2D eigenvalue weighted by atomic mass is 16.3. The second-order valence-electron chi connectivity index (χ2n) is 6.57. The van der Waals surface area contributed by atoms with Crippen LogP contribution in [0.3, 0.4) is 0 Å². The third-order valence-electron chi connectivity index (χ3n) is 4.96. The molecule has 0 spiro atoms. The van der Waals surface area contributed by atoms with Crippen molar-refractivity contribution in [2.75, 3.05) is 31.1 Å². The van der Waals surface area contributed by atoms with Crippen LogP contribution in [0, 0.1) is 5.92 Å². The van der Waals surface area contributed by atoms with Gasteiger partial charge in [-0.25, -0.2) is 4.98 Å².